The van der Waals surface area contributed by atoms with Crippen LogP contribution in [-0.2, 0) is 9.53 Å². The quantitative estimate of drug-likeness (QED) is 0.185. The maximum Gasteiger partial charge on any atom is 0.159 e. The summed E-state index contributed by atoms with van der Waals surface area (Å²) in [4.78, 5) is 14.1. The molecule has 0 spiro atoms. The zero-order chi connectivity index (χ0) is 35.2. The van der Waals surface area contributed by atoms with Gasteiger partial charge in [-0.25, -0.2) is 0 Å². The molecule has 0 bridgehead atoms. The number of piperidine rings is 1. The van der Waals surface area contributed by atoms with E-state index in [-0.39, 0.29) is 35.1 Å². The standard InChI is InChI=1S/C41H68N2O6/c1-6-16-40(47,35-34(49-35)38(5,46)36(2,3)17-11-25-15-21-43-33(42)22-25)32-14-20-41(48)29-24-31(45)30-23-27(44)12-19-39(30,26-9-7-8-10-26)28(29)13-18-37(32,41)4/h24-28,30,32-35,43-44,46-48H,6-23,42H2,1-5H3/p+1. The van der Waals surface area contributed by atoms with Crippen molar-refractivity contribution in [3.05, 3.63) is 11.6 Å². The second kappa shape index (κ2) is 12.6. The minimum atomic E-state index is -1.20. The number of fused-ring (bicyclic) bond motifs is 5. The van der Waals surface area contributed by atoms with Crippen LogP contribution in [0, 0.1) is 45.8 Å². The fraction of sp³-hybridized carbons (Fsp3) is 0.927. The number of hydrogen-bond acceptors (Lipinski definition) is 7. The third-order valence-corrected chi connectivity index (χ3v) is 16.8. The molecule has 7 aliphatic rings. The number of allylic oxidation sites excluding steroid dienone is 1. The van der Waals surface area contributed by atoms with Crippen molar-refractivity contribution in [1.82, 2.24) is 0 Å². The first kappa shape index (κ1) is 36.5. The fourth-order valence-corrected chi connectivity index (χ4v) is 13.5. The average molecular weight is 686 g/mol. The van der Waals surface area contributed by atoms with E-state index in [9.17, 15) is 25.2 Å². The van der Waals surface area contributed by atoms with Crippen molar-refractivity contribution in [3.8, 4) is 0 Å². The van der Waals surface area contributed by atoms with Gasteiger partial charge in [0.15, 0.2) is 5.78 Å². The van der Waals surface area contributed by atoms with E-state index in [1.807, 2.05) is 13.0 Å². The van der Waals surface area contributed by atoms with Crippen molar-refractivity contribution in [2.45, 2.75) is 185 Å². The lowest BCUT2D eigenvalue weighted by molar-refractivity contribution is -0.699. The van der Waals surface area contributed by atoms with Crippen LogP contribution >= 0.6 is 0 Å². The molecule has 8 heteroatoms. The van der Waals surface area contributed by atoms with Gasteiger partial charge < -0.3 is 30.5 Å². The second-order valence-electron chi connectivity index (χ2n) is 19.4. The third-order valence-electron chi connectivity index (χ3n) is 16.8. The van der Waals surface area contributed by atoms with Gasteiger partial charge in [0.25, 0.3) is 0 Å². The van der Waals surface area contributed by atoms with E-state index in [1.165, 1.54) is 12.8 Å². The summed E-state index contributed by atoms with van der Waals surface area (Å²) in [7, 11) is 0. The number of nitrogens with two attached hydrogens (primary N) is 2. The van der Waals surface area contributed by atoms with Crippen LogP contribution in [0.15, 0.2) is 11.6 Å². The van der Waals surface area contributed by atoms with E-state index in [0.29, 0.717) is 37.5 Å². The second-order valence-corrected chi connectivity index (χ2v) is 19.4. The minimum absolute atomic E-state index is 0.110. The highest BCUT2D eigenvalue weighted by Crippen LogP contribution is 2.72. The molecule has 13 unspecified atom stereocenters. The number of epoxide rings is 1. The van der Waals surface area contributed by atoms with Gasteiger partial charge in [-0.1, -0.05) is 47.0 Å². The van der Waals surface area contributed by atoms with Gasteiger partial charge in [0, 0.05) is 17.8 Å². The SMILES string of the molecule is CCCC(O)(C1OC1C(C)(O)C(C)(C)CCC1CC[NH2+]C(N)C1)C1CCC2(O)C3=CC(=O)C4CC(O)CCC4(C4CCCC4)C3CCC12C. The average Bonchev–Trinajstić information content (AvgIpc) is 3.59. The molecule has 5 aliphatic carbocycles. The summed E-state index contributed by atoms with van der Waals surface area (Å²) in [6.45, 7) is 11.5. The molecule has 2 heterocycles. The fourth-order valence-electron chi connectivity index (χ4n) is 13.5. The molecular weight excluding hydrogens is 616 g/mol. The van der Waals surface area contributed by atoms with Crippen molar-refractivity contribution in [1.29, 1.82) is 0 Å². The van der Waals surface area contributed by atoms with E-state index >= 15 is 0 Å². The number of aliphatic hydroxyl groups excluding tert-OH is 1. The maximum atomic E-state index is 14.1. The molecule has 2 saturated heterocycles. The van der Waals surface area contributed by atoms with Crippen LogP contribution < -0.4 is 11.1 Å². The number of hydrogen-bond donors (Lipinski definition) is 6. The van der Waals surface area contributed by atoms with E-state index in [2.05, 4.69) is 33.0 Å². The molecular formula is C41H69N2O6+. The van der Waals surface area contributed by atoms with E-state index in [4.69, 9.17) is 10.5 Å². The first-order valence-electron chi connectivity index (χ1n) is 20.4. The van der Waals surface area contributed by atoms with Gasteiger partial charge in [0.2, 0.25) is 0 Å². The van der Waals surface area contributed by atoms with Crippen LogP contribution in [0.1, 0.15) is 144 Å². The summed E-state index contributed by atoms with van der Waals surface area (Å²) < 4.78 is 6.45. The molecule has 278 valence electrons. The monoisotopic (exact) mass is 686 g/mol. The van der Waals surface area contributed by atoms with Crippen LogP contribution in [-0.4, -0.2) is 74.0 Å². The summed E-state index contributed by atoms with van der Waals surface area (Å²) in [5, 5.41) is 51.2. The van der Waals surface area contributed by atoms with Crippen LogP contribution in [0.5, 0.6) is 0 Å². The summed E-state index contributed by atoms with van der Waals surface area (Å²) in [5.74, 6) is 0.906. The molecule has 2 aliphatic heterocycles. The largest absolute Gasteiger partial charge is 0.393 e. The molecule has 7 rings (SSSR count). The van der Waals surface area contributed by atoms with Crippen LogP contribution in [0.3, 0.4) is 0 Å². The highest BCUT2D eigenvalue weighted by atomic mass is 16.6. The van der Waals surface area contributed by atoms with Crippen LogP contribution in [0.2, 0.25) is 0 Å². The normalized spacial score (nSPS) is 46.7. The molecule has 0 aromatic carbocycles. The number of quaternary nitrogens is 1. The molecule has 0 aromatic heterocycles. The number of ether oxygens (including phenoxy) is 1. The first-order valence-corrected chi connectivity index (χ1v) is 20.4. The Labute approximate surface area is 295 Å². The molecule has 8 N–H and O–H groups in total. The lowest BCUT2D eigenvalue weighted by Crippen LogP contribution is -2.94. The van der Waals surface area contributed by atoms with Crippen LogP contribution in [0.25, 0.3) is 0 Å². The Morgan fingerprint density at radius 2 is 1.69 bits per heavy atom. The number of ketones is 1. The lowest BCUT2D eigenvalue weighted by Gasteiger charge is -2.63. The maximum absolute atomic E-state index is 14.1. The highest BCUT2D eigenvalue weighted by Gasteiger charge is 2.74. The molecule has 6 fully saturated rings. The number of rotatable bonds is 10. The Hall–Kier alpha value is -0.870. The van der Waals surface area contributed by atoms with Crippen molar-refractivity contribution in [2.75, 3.05) is 6.54 Å². The summed E-state index contributed by atoms with van der Waals surface area (Å²) in [6, 6.07) is 0. The zero-order valence-electron chi connectivity index (χ0n) is 31.3. The van der Waals surface area contributed by atoms with Gasteiger partial charge in [-0.2, -0.15) is 0 Å². The molecule has 0 radical (unpaired) electrons. The number of carbonyl (C=O) groups excluding carboxylic acids is 1. The van der Waals surface area contributed by atoms with Gasteiger partial charge in [-0.3, -0.25) is 10.5 Å². The van der Waals surface area contributed by atoms with Gasteiger partial charge in [0.1, 0.15) is 18.4 Å². The smallest absolute Gasteiger partial charge is 0.159 e. The van der Waals surface area contributed by atoms with E-state index in [0.717, 1.165) is 82.7 Å². The lowest BCUT2D eigenvalue weighted by atomic mass is 9.42. The minimum Gasteiger partial charge on any atom is -0.393 e. The van der Waals surface area contributed by atoms with Crippen LogP contribution in [0.4, 0.5) is 0 Å². The summed E-state index contributed by atoms with van der Waals surface area (Å²) >= 11 is 0. The number of carbonyl (C=O) groups is 1. The summed E-state index contributed by atoms with van der Waals surface area (Å²) in [5.41, 5.74) is 2.46. The van der Waals surface area contributed by atoms with Crippen molar-refractivity contribution in [3.63, 3.8) is 0 Å². The molecule has 0 aromatic rings. The topological polar surface area (TPSA) is 153 Å². The zero-order valence-corrected chi connectivity index (χ0v) is 31.3. The summed E-state index contributed by atoms with van der Waals surface area (Å²) in [6.07, 6.45) is 15.7. The highest BCUT2D eigenvalue weighted by molar-refractivity contribution is 5.95. The van der Waals surface area contributed by atoms with Crippen molar-refractivity contribution in [2.24, 2.45) is 51.6 Å². The Balaban J connectivity index is 1.15. The van der Waals surface area contributed by atoms with Gasteiger partial charge in [0.05, 0.1) is 29.5 Å². The van der Waals surface area contributed by atoms with E-state index in [1.54, 1.807) is 0 Å². The molecule has 8 nitrogen and oxygen atoms in total. The Morgan fingerprint density at radius 1 is 0.959 bits per heavy atom. The predicted octanol–water partition coefficient (Wildman–Crippen LogP) is 4.50. The molecule has 4 saturated carbocycles. The predicted molar refractivity (Wildman–Crippen MR) is 189 cm³/mol. The Bertz CT molecular complexity index is 1290. The number of aliphatic hydroxyl groups is 4. The molecule has 49 heavy (non-hydrogen) atoms. The first-order chi connectivity index (χ1) is 23.0. The van der Waals surface area contributed by atoms with Gasteiger partial charge >= 0.3 is 0 Å². The van der Waals surface area contributed by atoms with Crippen molar-refractivity contribution >= 4 is 5.78 Å². The molecule has 13 atom stereocenters. The van der Waals surface area contributed by atoms with Gasteiger partial charge in [-0.05, 0) is 137 Å². The van der Waals surface area contributed by atoms with E-state index < -0.39 is 45.9 Å². The third kappa shape index (κ3) is 5.50. The Kier molecular flexibility index (Phi) is 9.40. The molecule has 0 amide bonds. The van der Waals surface area contributed by atoms with Gasteiger partial charge in [-0.15, -0.1) is 0 Å². The Morgan fingerprint density at radius 3 is 2.39 bits per heavy atom. The van der Waals surface area contributed by atoms with Crippen molar-refractivity contribution < 1.29 is 35.3 Å².